The summed E-state index contributed by atoms with van der Waals surface area (Å²) in [5.41, 5.74) is 7.06. The molecule has 0 aliphatic carbocycles. The second-order valence-electron chi connectivity index (χ2n) is 3.86. The predicted molar refractivity (Wildman–Crippen MR) is 65.4 cm³/mol. The molecule has 0 spiro atoms. The molecule has 0 unspecified atom stereocenters. The van der Waals surface area contributed by atoms with Crippen LogP contribution in [0, 0.1) is 11.2 Å². The van der Waals surface area contributed by atoms with Crippen LogP contribution < -0.4 is 5.73 Å². The highest BCUT2D eigenvalue weighted by Crippen LogP contribution is 2.15. The van der Waals surface area contributed by atoms with E-state index in [1.807, 2.05) is 7.05 Å². The molecule has 1 aromatic rings. The Hall–Kier alpha value is -1.42. The first-order valence-electron chi connectivity index (χ1n) is 5.36. The van der Waals surface area contributed by atoms with Crippen molar-refractivity contribution in [2.45, 2.75) is 13.3 Å². The Kier molecular flexibility index (Phi) is 4.43. The van der Waals surface area contributed by atoms with Crippen molar-refractivity contribution in [3.63, 3.8) is 0 Å². The molecule has 0 aliphatic heterocycles. The van der Waals surface area contributed by atoms with Crippen LogP contribution in [-0.4, -0.2) is 30.7 Å². The normalized spacial score (nSPS) is 10.8. The molecule has 0 atom stereocenters. The van der Waals surface area contributed by atoms with Crippen LogP contribution in [0.2, 0.25) is 0 Å². The average Bonchev–Trinajstić information content (AvgIpc) is 2.28. The van der Waals surface area contributed by atoms with E-state index in [4.69, 9.17) is 11.1 Å². The van der Waals surface area contributed by atoms with Gasteiger partial charge in [-0.2, -0.15) is 0 Å². The number of rotatable bonds is 5. The lowest BCUT2D eigenvalue weighted by molar-refractivity contribution is 0.364. The van der Waals surface area contributed by atoms with Crippen LogP contribution >= 0.6 is 0 Å². The van der Waals surface area contributed by atoms with Crippen molar-refractivity contribution >= 4 is 11.4 Å². The van der Waals surface area contributed by atoms with Crippen LogP contribution in [0.5, 0.6) is 0 Å². The molecular weight excluding hydrogens is 205 g/mol. The van der Waals surface area contributed by atoms with Gasteiger partial charge >= 0.3 is 0 Å². The molecule has 0 heterocycles. The lowest BCUT2D eigenvalue weighted by atomic mass is 10.1. The smallest absolute Gasteiger partial charge is 0.124 e. The van der Waals surface area contributed by atoms with Crippen LogP contribution in [0.4, 0.5) is 10.1 Å². The molecule has 0 saturated heterocycles. The fourth-order valence-corrected chi connectivity index (χ4v) is 1.39. The van der Waals surface area contributed by atoms with Gasteiger partial charge in [-0.05, 0) is 31.8 Å². The van der Waals surface area contributed by atoms with Gasteiger partial charge in [-0.3, -0.25) is 0 Å². The third-order valence-corrected chi connectivity index (χ3v) is 2.62. The Labute approximate surface area is 95.6 Å². The average molecular weight is 223 g/mol. The number of nitrogens with two attached hydrogens (primary N) is 1. The number of benzene rings is 1. The Morgan fingerprint density at radius 2 is 2.19 bits per heavy atom. The van der Waals surface area contributed by atoms with Crippen LogP contribution in [0.3, 0.4) is 0 Å². The Balaban J connectivity index is 2.69. The molecule has 16 heavy (non-hydrogen) atoms. The first-order chi connectivity index (χ1) is 7.54. The molecule has 0 amide bonds. The molecule has 0 aliphatic rings. The lowest BCUT2D eigenvalue weighted by Gasteiger charge is -2.14. The summed E-state index contributed by atoms with van der Waals surface area (Å²) in [7, 11) is 1.99. The quantitative estimate of drug-likeness (QED) is 0.593. The molecule has 3 N–H and O–H groups in total. The van der Waals surface area contributed by atoms with E-state index in [9.17, 15) is 4.39 Å². The van der Waals surface area contributed by atoms with Crippen LogP contribution in [0.25, 0.3) is 0 Å². The van der Waals surface area contributed by atoms with E-state index in [0.29, 0.717) is 23.4 Å². The van der Waals surface area contributed by atoms with Crippen molar-refractivity contribution in [1.82, 2.24) is 4.90 Å². The van der Waals surface area contributed by atoms with Crippen molar-refractivity contribution < 1.29 is 4.39 Å². The molecule has 0 fully saturated rings. The molecule has 0 bridgehead atoms. The largest absolute Gasteiger partial charge is 0.398 e. The Morgan fingerprint density at radius 1 is 1.50 bits per heavy atom. The summed E-state index contributed by atoms with van der Waals surface area (Å²) >= 11 is 0. The van der Waals surface area contributed by atoms with E-state index < -0.39 is 0 Å². The van der Waals surface area contributed by atoms with Gasteiger partial charge in [0.1, 0.15) is 5.82 Å². The number of nitrogen functional groups attached to an aromatic ring is 1. The number of hydrogen-bond donors (Lipinski definition) is 2. The maximum Gasteiger partial charge on any atom is 0.124 e. The van der Waals surface area contributed by atoms with E-state index in [2.05, 4.69) is 11.8 Å². The Bertz CT molecular complexity index is 377. The van der Waals surface area contributed by atoms with E-state index in [1.54, 1.807) is 0 Å². The number of nitrogens with one attached hydrogen (secondary N) is 1. The molecule has 4 heteroatoms. The zero-order valence-corrected chi connectivity index (χ0v) is 9.76. The molecule has 3 nitrogen and oxygen atoms in total. The number of anilines is 1. The van der Waals surface area contributed by atoms with Crippen LogP contribution in [-0.2, 0) is 0 Å². The standard InChI is InChI=1S/C12H18FN3/c1-3-16(2)7-6-12(15)10-8-9(13)4-5-11(10)14/h4-5,8,15H,3,6-7,14H2,1-2H3. The number of nitrogens with zero attached hydrogens (tertiary/aromatic N) is 1. The SMILES string of the molecule is CCN(C)CCC(=N)c1cc(F)ccc1N. The van der Waals surface area contributed by atoms with Crippen molar-refractivity contribution in [3.8, 4) is 0 Å². The van der Waals surface area contributed by atoms with Gasteiger partial charge in [0.25, 0.3) is 0 Å². The highest BCUT2D eigenvalue weighted by molar-refractivity contribution is 6.02. The van der Waals surface area contributed by atoms with Gasteiger partial charge in [0.15, 0.2) is 0 Å². The van der Waals surface area contributed by atoms with E-state index in [0.717, 1.165) is 13.1 Å². The van der Waals surface area contributed by atoms with Gasteiger partial charge in [-0.15, -0.1) is 0 Å². The molecule has 0 saturated carbocycles. The molecule has 0 aromatic heterocycles. The van der Waals surface area contributed by atoms with Crippen LogP contribution in [0.1, 0.15) is 18.9 Å². The summed E-state index contributed by atoms with van der Waals surface area (Å²) in [6.07, 6.45) is 0.581. The van der Waals surface area contributed by atoms with Crippen LogP contribution in [0.15, 0.2) is 18.2 Å². The summed E-state index contributed by atoms with van der Waals surface area (Å²) in [5, 5.41) is 7.86. The van der Waals surface area contributed by atoms with Gasteiger partial charge in [0.05, 0.1) is 0 Å². The zero-order chi connectivity index (χ0) is 12.1. The zero-order valence-electron chi connectivity index (χ0n) is 9.76. The summed E-state index contributed by atoms with van der Waals surface area (Å²) in [5.74, 6) is -0.349. The number of hydrogen-bond acceptors (Lipinski definition) is 3. The lowest BCUT2D eigenvalue weighted by Crippen LogP contribution is -2.21. The third-order valence-electron chi connectivity index (χ3n) is 2.62. The van der Waals surface area contributed by atoms with Crippen molar-refractivity contribution in [2.24, 2.45) is 0 Å². The molecule has 1 rings (SSSR count). The van der Waals surface area contributed by atoms with E-state index >= 15 is 0 Å². The van der Waals surface area contributed by atoms with Gasteiger partial charge < -0.3 is 16.0 Å². The van der Waals surface area contributed by atoms with Crippen molar-refractivity contribution in [3.05, 3.63) is 29.6 Å². The first kappa shape index (κ1) is 12.6. The highest BCUT2D eigenvalue weighted by Gasteiger charge is 2.08. The minimum atomic E-state index is -0.349. The second-order valence-corrected chi connectivity index (χ2v) is 3.86. The van der Waals surface area contributed by atoms with Gasteiger partial charge in [-0.1, -0.05) is 6.92 Å². The maximum atomic E-state index is 13.0. The topological polar surface area (TPSA) is 53.1 Å². The minimum Gasteiger partial charge on any atom is -0.398 e. The first-order valence-corrected chi connectivity index (χ1v) is 5.36. The van der Waals surface area contributed by atoms with Gasteiger partial charge in [0, 0.05) is 29.9 Å². The molecule has 88 valence electrons. The third kappa shape index (κ3) is 3.31. The Morgan fingerprint density at radius 3 is 2.81 bits per heavy atom. The van der Waals surface area contributed by atoms with E-state index in [-0.39, 0.29) is 5.82 Å². The summed E-state index contributed by atoms with van der Waals surface area (Å²) in [4.78, 5) is 2.10. The second kappa shape index (κ2) is 5.61. The summed E-state index contributed by atoms with van der Waals surface area (Å²) < 4.78 is 13.0. The maximum absolute atomic E-state index is 13.0. The fraction of sp³-hybridized carbons (Fsp3) is 0.417. The summed E-state index contributed by atoms with van der Waals surface area (Å²) in [6, 6.07) is 4.14. The monoisotopic (exact) mass is 223 g/mol. The fourth-order valence-electron chi connectivity index (χ4n) is 1.39. The molecule has 1 aromatic carbocycles. The van der Waals surface area contributed by atoms with Gasteiger partial charge in [-0.25, -0.2) is 4.39 Å². The minimum absolute atomic E-state index is 0.349. The highest BCUT2D eigenvalue weighted by atomic mass is 19.1. The van der Waals surface area contributed by atoms with E-state index in [1.165, 1.54) is 18.2 Å². The number of halogens is 1. The van der Waals surface area contributed by atoms with Crippen molar-refractivity contribution in [1.29, 1.82) is 5.41 Å². The predicted octanol–water partition coefficient (Wildman–Crippen LogP) is 2.12. The summed E-state index contributed by atoms with van der Waals surface area (Å²) in [6.45, 7) is 3.78. The van der Waals surface area contributed by atoms with Crippen molar-refractivity contribution in [2.75, 3.05) is 25.9 Å². The molecule has 0 radical (unpaired) electrons. The molecular formula is C12H18FN3. The van der Waals surface area contributed by atoms with Gasteiger partial charge in [0.2, 0.25) is 0 Å².